The van der Waals surface area contributed by atoms with Gasteiger partial charge in [0, 0.05) is 12.0 Å². The molecule has 1 aliphatic carbocycles. The summed E-state index contributed by atoms with van der Waals surface area (Å²) in [7, 11) is 0. The molecule has 102 valence electrons. The molecule has 0 radical (unpaired) electrons. The van der Waals surface area contributed by atoms with E-state index in [1.165, 1.54) is 5.56 Å². The second-order valence-corrected chi connectivity index (χ2v) is 4.78. The third-order valence-corrected chi connectivity index (χ3v) is 3.35. The van der Waals surface area contributed by atoms with E-state index >= 15 is 0 Å². The number of hydrogen-bond acceptors (Lipinski definition) is 2. The fourth-order valence-corrected chi connectivity index (χ4v) is 2.13. The lowest BCUT2D eigenvalue weighted by atomic mass is 10.1. The van der Waals surface area contributed by atoms with Crippen molar-refractivity contribution >= 4 is 12.0 Å². The van der Waals surface area contributed by atoms with Crippen LogP contribution >= 0.6 is 0 Å². The molecule has 1 aromatic rings. The van der Waals surface area contributed by atoms with Crippen LogP contribution in [0.1, 0.15) is 31.2 Å². The Morgan fingerprint density at radius 3 is 2.63 bits per heavy atom. The van der Waals surface area contributed by atoms with Crippen molar-refractivity contribution in [1.29, 1.82) is 0 Å². The van der Waals surface area contributed by atoms with Gasteiger partial charge in [0.2, 0.25) is 0 Å². The predicted molar refractivity (Wildman–Crippen MR) is 71.0 cm³/mol. The lowest BCUT2D eigenvalue weighted by Crippen LogP contribution is -2.46. The number of amides is 2. The van der Waals surface area contributed by atoms with Gasteiger partial charge in [0.15, 0.2) is 0 Å². The van der Waals surface area contributed by atoms with Crippen LogP contribution in [-0.2, 0) is 4.79 Å². The van der Waals surface area contributed by atoms with Crippen molar-refractivity contribution in [2.24, 2.45) is 0 Å². The van der Waals surface area contributed by atoms with Gasteiger partial charge in [-0.1, -0.05) is 37.3 Å². The summed E-state index contributed by atoms with van der Waals surface area (Å²) in [6.07, 6.45) is 1.27. The van der Waals surface area contributed by atoms with Crippen molar-refractivity contribution < 1.29 is 14.7 Å². The molecule has 1 aromatic carbocycles. The average molecular weight is 262 g/mol. The number of carbonyl (C=O) groups excluding carboxylic acids is 1. The maximum Gasteiger partial charge on any atom is 0.326 e. The van der Waals surface area contributed by atoms with Gasteiger partial charge in [-0.05, 0) is 18.4 Å². The lowest BCUT2D eigenvalue weighted by molar-refractivity contribution is -0.139. The van der Waals surface area contributed by atoms with Crippen LogP contribution < -0.4 is 10.6 Å². The predicted octanol–water partition coefficient (Wildman–Crippen LogP) is 1.70. The van der Waals surface area contributed by atoms with Crippen LogP contribution in [0, 0.1) is 0 Å². The first-order valence-corrected chi connectivity index (χ1v) is 6.46. The number of carboxylic acid groups (broad SMARTS) is 1. The Bertz CT molecular complexity index is 461. The van der Waals surface area contributed by atoms with Crippen molar-refractivity contribution in [2.75, 3.05) is 0 Å². The molecule has 3 atom stereocenters. The molecule has 1 aliphatic rings. The fraction of sp³-hybridized carbons (Fsp3) is 0.429. The van der Waals surface area contributed by atoms with Crippen molar-refractivity contribution in [3.05, 3.63) is 35.9 Å². The first kappa shape index (κ1) is 13.4. The number of nitrogens with one attached hydrogen (secondary N) is 2. The van der Waals surface area contributed by atoms with Crippen molar-refractivity contribution in [1.82, 2.24) is 10.6 Å². The average Bonchev–Trinajstić information content (AvgIpc) is 3.16. The first-order valence-electron chi connectivity index (χ1n) is 6.46. The minimum Gasteiger partial charge on any atom is -0.480 e. The zero-order valence-electron chi connectivity index (χ0n) is 10.8. The summed E-state index contributed by atoms with van der Waals surface area (Å²) < 4.78 is 0. The highest BCUT2D eigenvalue weighted by atomic mass is 16.4. The molecule has 1 fully saturated rings. The Labute approximate surface area is 112 Å². The maximum atomic E-state index is 11.7. The number of aliphatic carboxylic acids is 1. The molecule has 0 aliphatic heterocycles. The minimum atomic E-state index is -1.01. The molecule has 19 heavy (non-hydrogen) atoms. The van der Waals surface area contributed by atoms with Crippen molar-refractivity contribution in [3.8, 4) is 0 Å². The lowest BCUT2D eigenvalue weighted by Gasteiger charge is -2.13. The number of hydrogen-bond donors (Lipinski definition) is 3. The molecule has 0 spiro atoms. The van der Waals surface area contributed by atoms with E-state index < -0.39 is 18.0 Å². The summed E-state index contributed by atoms with van der Waals surface area (Å²) in [5.41, 5.74) is 1.21. The Kier molecular flexibility index (Phi) is 4.04. The van der Waals surface area contributed by atoms with E-state index in [2.05, 4.69) is 10.6 Å². The highest BCUT2D eigenvalue weighted by molar-refractivity contribution is 5.82. The Hall–Kier alpha value is -2.04. The smallest absolute Gasteiger partial charge is 0.326 e. The summed E-state index contributed by atoms with van der Waals surface area (Å²) >= 11 is 0. The standard InChI is InChI=1S/C14H18N2O3/c1-2-11(13(17)18)15-14(19)16-12-8-10(12)9-6-4-3-5-7-9/h3-7,10-12H,2,8H2,1H3,(H,17,18)(H2,15,16,19)/t10?,11-,12?/m1/s1. The van der Waals surface area contributed by atoms with Crippen molar-refractivity contribution in [2.45, 2.75) is 37.8 Å². The normalized spacial score (nSPS) is 22.4. The van der Waals surface area contributed by atoms with Gasteiger partial charge in [-0.3, -0.25) is 0 Å². The zero-order chi connectivity index (χ0) is 13.8. The number of rotatable bonds is 5. The summed E-state index contributed by atoms with van der Waals surface area (Å²) in [6.45, 7) is 1.73. The molecular weight excluding hydrogens is 244 g/mol. The summed E-state index contributed by atoms with van der Waals surface area (Å²) in [5, 5.41) is 14.1. The number of carbonyl (C=O) groups is 2. The second kappa shape index (κ2) is 5.73. The quantitative estimate of drug-likeness (QED) is 0.755. The van der Waals surface area contributed by atoms with E-state index in [-0.39, 0.29) is 6.04 Å². The SMILES string of the molecule is CC[C@@H](NC(=O)NC1CC1c1ccccc1)C(=O)O. The van der Waals surface area contributed by atoms with Gasteiger partial charge in [0.25, 0.3) is 0 Å². The van der Waals surface area contributed by atoms with Crippen LogP contribution in [0.5, 0.6) is 0 Å². The molecule has 2 unspecified atom stereocenters. The largest absolute Gasteiger partial charge is 0.480 e. The molecule has 2 rings (SSSR count). The molecule has 0 saturated heterocycles. The summed E-state index contributed by atoms with van der Waals surface area (Å²) in [6, 6.07) is 8.86. The Morgan fingerprint density at radius 1 is 1.37 bits per heavy atom. The zero-order valence-corrected chi connectivity index (χ0v) is 10.8. The summed E-state index contributed by atoms with van der Waals surface area (Å²) in [4.78, 5) is 22.5. The van der Waals surface area contributed by atoms with E-state index in [9.17, 15) is 9.59 Å². The molecule has 0 bridgehead atoms. The molecule has 3 N–H and O–H groups in total. The van der Waals surface area contributed by atoms with Gasteiger partial charge in [-0.25, -0.2) is 9.59 Å². The number of urea groups is 1. The third kappa shape index (κ3) is 3.47. The van der Waals surface area contributed by atoms with Gasteiger partial charge < -0.3 is 15.7 Å². The highest BCUT2D eigenvalue weighted by Crippen LogP contribution is 2.40. The monoisotopic (exact) mass is 262 g/mol. The molecule has 0 heterocycles. The van der Waals surface area contributed by atoms with Crippen LogP contribution in [0.25, 0.3) is 0 Å². The van der Waals surface area contributed by atoms with Crippen LogP contribution in [0.2, 0.25) is 0 Å². The van der Waals surface area contributed by atoms with Crippen LogP contribution in [-0.4, -0.2) is 29.2 Å². The van der Waals surface area contributed by atoms with Crippen LogP contribution in [0.4, 0.5) is 4.79 Å². The minimum absolute atomic E-state index is 0.105. The van der Waals surface area contributed by atoms with Crippen molar-refractivity contribution in [3.63, 3.8) is 0 Å². The van der Waals surface area contributed by atoms with Gasteiger partial charge in [0.1, 0.15) is 6.04 Å². The third-order valence-electron chi connectivity index (χ3n) is 3.35. The van der Waals surface area contributed by atoms with Gasteiger partial charge in [-0.15, -0.1) is 0 Å². The van der Waals surface area contributed by atoms with E-state index in [1.54, 1.807) is 6.92 Å². The molecule has 5 nitrogen and oxygen atoms in total. The molecule has 1 saturated carbocycles. The molecule has 2 amide bonds. The van der Waals surface area contributed by atoms with E-state index in [1.807, 2.05) is 30.3 Å². The topological polar surface area (TPSA) is 78.4 Å². The Morgan fingerprint density at radius 2 is 2.05 bits per heavy atom. The first-order chi connectivity index (χ1) is 9.11. The van der Waals surface area contributed by atoms with E-state index in [0.717, 1.165) is 6.42 Å². The summed E-state index contributed by atoms with van der Waals surface area (Å²) in [5.74, 6) is -0.662. The second-order valence-electron chi connectivity index (χ2n) is 4.78. The number of carboxylic acids is 1. The molecular formula is C14H18N2O3. The van der Waals surface area contributed by atoms with E-state index in [4.69, 9.17) is 5.11 Å². The Balaban J connectivity index is 1.81. The van der Waals surface area contributed by atoms with Crippen LogP contribution in [0.3, 0.4) is 0 Å². The van der Waals surface area contributed by atoms with Gasteiger partial charge >= 0.3 is 12.0 Å². The van der Waals surface area contributed by atoms with Crippen LogP contribution in [0.15, 0.2) is 30.3 Å². The fourth-order valence-electron chi connectivity index (χ4n) is 2.13. The van der Waals surface area contributed by atoms with Gasteiger partial charge in [0.05, 0.1) is 0 Å². The van der Waals surface area contributed by atoms with E-state index in [0.29, 0.717) is 12.3 Å². The maximum absolute atomic E-state index is 11.7. The molecule has 0 aromatic heterocycles. The highest BCUT2D eigenvalue weighted by Gasteiger charge is 2.39. The number of benzene rings is 1. The molecule has 5 heteroatoms. The van der Waals surface area contributed by atoms with Gasteiger partial charge in [-0.2, -0.15) is 0 Å².